The number of halogens is 4. The molecule has 2 aromatic rings. The summed E-state index contributed by atoms with van der Waals surface area (Å²) in [5.41, 5.74) is 1.09. The van der Waals surface area contributed by atoms with Gasteiger partial charge >= 0.3 is 0 Å². The summed E-state index contributed by atoms with van der Waals surface area (Å²) in [6.45, 7) is 0. The van der Waals surface area contributed by atoms with Crippen molar-refractivity contribution in [2.45, 2.75) is 11.8 Å². The lowest BCUT2D eigenvalue weighted by Gasteiger charge is -2.11. The van der Waals surface area contributed by atoms with E-state index < -0.39 is 17.0 Å². The van der Waals surface area contributed by atoms with E-state index in [2.05, 4.69) is 0 Å². The van der Waals surface area contributed by atoms with Gasteiger partial charge in [0.05, 0.1) is 5.38 Å². The summed E-state index contributed by atoms with van der Waals surface area (Å²) in [4.78, 5) is 0. The Hall–Kier alpha value is -1.12. The van der Waals surface area contributed by atoms with Gasteiger partial charge in [-0.1, -0.05) is 23.7 Å². The highest BCUT2D eigenvalue weighted by molar-refractivity contribution is 6.30. The van der Waals surface area contributed by atoms with Crippen LogP contribution in [0, 0.1) is 11.6 Å². The molecule has 4 heteroatoms. The lowest BCUT2D eigenvalue weighted by atomic mass is 10.0. The first-order valence-corrected chi connectivity index (χ1v) is 6.21. The summed E-state index contributed by atoms with van der Waals surface area (Å²) in [6, 6.07) is 10.4. The quantitative estimate of drug-likeness (QED) is 0.685. The Morgan fingerprint density at radius 2 is 1.67 bits per heavy atom. The van der Waals surface area contributed by atoms with Gasteiger partial charge in [-0.3, -0.25) is 0 Å². The summed E-state index contributed by atoms with van der Waals surface area (Å²) < 4.78 is 26.6. The van der Waals surface area contributed by atoms with Crippen LogP contribution in [-0.2, 0) is 6.42 Å². The van der Waals surface area contributed by atoms with Crippen LogP contribution in [-0.4, -0.2) is 0 Å². The standard InChI is InChI=1S/C14H10Cl2F2/c15-10-3-1-9(2-4-10)7-13(16)12-8-11(17)5-6-14(12)18/h1-6,8,13H,7H2. The van der Waals surface area contributed by atoms with Crippen molar-refractivity contribution < 1.29 is 8.78 Å². The predicted octanol–water partition coefficient (Wildman–Crippen LogP) is 5.14. The largest absolute Gasteiger partial charge is 0.207 e. The zero-order valence-corrected chi connectivity index (χ0v) is 10.8. The molecular formula is C14H10Cl2F2. The van der Waals surface area contributed by atoms with E-state index in [1.807, 2.05) is 12.1 Å². The second-order valence-corrected chi connectivity index (χ2v) is 4.93. The minimum absolute atomic E-state index is 0.173. The average molecular weight is 287 g/mol. The lowest BCUT2D eigenvalue weighted by Crippen LogP contribution is -2.00. The Labute approximate surface area is 114 Å². The van der Waals surface area contributed by atoms with Crippen LogP contribution in [0.5, 0.6) is 0 Å². The Bertz CT molecular complexity index is 538. The zero-order chi connectivity index (χ0) is 13.1. The molecule has 0 aliphatic rings. The molecule has 0 saturated carbocycles. The van der Waals surface area contributed by atoms with Crippen LogP contribution in [0.3, 0.4) is 0 Å². The maximum atomic E-state index is 13.5. The van der Waals surface area contributed by atoms with E-state index in [0.717, 1.165) is 23.8 Å². The van der Waals surface area contributed by atoms with E-state index in [0.29, 0.717) is 11.4 Å². The van der Waals surface area contributed by atoms with Crippen LogP contribution >= 0.6 is 23.2 Å². The van der Waals surface area contributed by atoms with Crippen molar-refractivity contribution >= 4 is 23.2 Å². The van der Waals surface area contributed by atoms with E-state index in [4.69, 9.17) is 23.2 Å². The first-order chi connectivity index (χ1) is 8.56. The van der Waals surface area contributed by atoms with Gasteiger partial charge in [0.1, 0.15) is 11.6 Å². The fourth-order valence-electron chi connectivity index (χ4n) is 1.69. The number of alkyl halides is 1. The predicted molar refractivity (Wildman–Crippen MR) is 70.1 cm³/mol. The zero-order valence-electron chi connectivity index (χ0n) is 9.34. The molecule has 0 amide bonds. The topological polar surface area (TPSA) is 0 Å². The Morgan fingerprint density at radius 1 is 1.00 bits per heavy atom. The normalized spacial score (nSPS) is 12.4. The summed E-state index contributed by atoms with van der Waals surface area (Å²) in [6.07, 6.45) is 0.416. The lowest BCUT2D eigenvalue weighted by molar-refractivity contribution is 0.582. The van der Waals surface area contributed by atoms with Gasteiger partial charge in [-0.2, -0.15) is 0 Å². The molecule has 0 saturated heterocycles. The third-order valence-corrected chi connectivity index (χ3v) is 3.27. The number of hydrogen-bond acceptors (Lipinski definition) is 0. The fraction of sp³-hybridized carbons (Fsp3) is 0.143. The van der Waals surface area contributed by atoms with Crippen LogP contribution in [0.1, 0.15) is 16.5 Å². The monoisotopic (exact) mass is 286 g/mol. The maximum Gasteiger partial charge on any atom is 0.128 e. The van der Waals surface area contributed by atoms with Gasteiger partial charge in [0.25, 0.3) is 0 Å². The van der Waals surface area contributed by atoms with Crippen molar-refractivity contribution in [3.05, 3.63) is 70.2 Å². The fourth-order valence-corrected chi connectivity index (χ4v) is 2.16. The minimum atomic E-state index is -0.609. The summed E-state index contributed by atoms with van der Waals surface area (Å²) >= 11 is 11.9. The molecule has 0 fully saturated rings. The van der Waals surface area contributed by atoms with Crippen molar-refractivity contribution in [2.24, 2.45) is 0 Å². The first kappa shape index (κ1) is 13.3. The van der Waals surface area contributed by atoms with E-state index in [1.165, 1.54) is 0 Å². The van der Waals surface area contributed by atoms with E-state index in [1.54, 1.807) is 12.1 Å². The van der Waals surface area contributed by atoms with Crippen molar-refractivity contribution in [1.29, 1.82) is 0 Å². The average Bonchev–Trinajstić information content (AvgIpc) is 2.35. The molecule has 0 bridgehead atoms. The minimum Gasteiger partial charge on any atom is -0.207 e. The molecule has 94 valence electrons. The molecule has 0 heterocycles. The van der Waals surface area contributed by atoms with Crippen LogP contribution in [0.15, 0.2) is 42.5 Å². The Morgan fingerprint density at radius 3 is 2.33 bits per heavy atom. The van der Waals surface area contributed by atoms with Crippen LogP contribution in [0.2, 0.25) is 5.02 Å². The molecule has 0 spiro atoms. The third kappa shape index (κ3) is 3.21. The highest BCUT2D eigenvalue weighted by Crippen LogP contribution is 2.28. The van der Waals surface area contributed by atoms with E-state index >= 15 is 0 Å². The molecule has 0 aliphatic heterocycles. The number of hydrogen-bond donors (Lipinski definition) is 0. The van der Waals surface area contributed by atoms with Crippen LogP contribution in [0.25, 0.3) is 0 Å². The summed E-state index contributed by atoms with van der Waals surface area (Å²) in [5, 5.41) is 0.0173. The van der Waals surface area contributed by atoms with Crippen molar-refractivity contribution in [3.8, 4) is 0 Å². The van der Waals surface area contributed by atoms with Crippen LogP contribution < -0.4 is 0 Å². The van der Waals surface area contributed by atoms with Gasteiger partial charge in [0.15, 0.2) is 0 Å². The molecule has 0 nitrogen and oxygen atoms in total. The first-order valence-electron chi connectivity index (χ1n) is 5.40. The van der Waals surface area contributed by atoms with Crippen molar-refractivity contribution in [3.63, 3.8) is 0 Å². The highest BCUT2D eigenvalue weighted by Gasteiger charge is 2.14. The molecule has 0 N–H and O–H groups in total. The molecule has 1 atom stereocenters. The molecule has 0 aliphatic carbocycles. The molecule has 2 rings (SSSR count). The second-order valence-electron chi connectivity index (χ2n) is 3.96. The number of benzene rings is 2. The molecular weight excluding hydrogens is 277 g/mol. The number of rotatable bonds is 3. The maximum absolute atomic E-state index is 13.5. The third-order valence-electron chi connectivity index (χ3n) is 2.62. The summed E-state index contributed by atoms with van der Waals surface area (Å²) in [7, 11) is 0. The molecule has 1 unspecified atom stereocenters. The van der Waals surface area contributed by atoms with Gasteiger partial charge in [0, 0.05) is 10.6 Å². The Kier molecular flexibility index (Phi) is 4.20. The van der Waals surface area contributed by atoms with Gasteiger partial charge < -0.3 is 0 Å². The molecule has 0 radical (unpaired) electrons. The smallest absolute Gasteiger partial charge is 0.128 e. The van der Waals surface area contributed by atoms with Crippen molar-refractivity contribution in [2.75, 3.05) is 0 Å². The van der Waals surface area contributed by atoms with Crippen LogP contribution in [0.4, 0.5) is 8.78 Å². The van der Waals surface area contributed by atoms with E-state index in [9.17, 15) is 8.78 Å². The second kappa shape index (κ2) is 5.68. The van der Waals surface area contributed by atoms with Gasteiger partial charge in [-0.25, -0.2) is 8.78 Å². The summed E-state index contributed by atoms with van der Waals surface area (Å²) in [5.74, 6) is -0.987. The van der Waals surface area contributed by atoms with E-state index in [-0.39, 0.29) is 5.56 Å². The molecule has 0 aromatic heterocycles. The molecule has 18 heavy (non-hydrogen) atoms. The Balaban J connectivity index is 2.18. The van der Waals surface area contributed by atoms with Gasteiger partial charge in [-0.15, -0.1) is 11.6 Å². The SMILES string of the molecule is Fc1ccc(F)c(C(Cl)Cc2ccc(Cl)cc2)c1. The highest BCUT2D eigenvalue weighted by atomic mass is 35.5. The van der Waals surface area contributed by atoms with Crippen molar-refractivity contribution in [1.82, 2.24) is 0 Å². The van der Waals surface area contributed by atoms with Gasteiger partial charge in [-0.05, 0) is 42.3 Å². The van der Waals surface area contributed by atoms with Gasteiger partial charge in [0.2, 0.25) is 0 Å². The molecule has 2 aromatic carbocycles.